The smallest absolute Gasteiger partial charge is 0.248 e. The van der Waals surface area contributed by atoms with Gasteiger partial charge in [-0.3, -0.25) is 14.4 Å². The van der Waals surface area contributed by atoms with E-state index < -0.39 is 41.0 Å². The zero-order chi connectivity index (χ0) is 29.0. The summed E-state index contributed by atoms with van der Waals surface area (Å²) in [6.07, 6.45) is 0.498. The van der Waals surface area contributed by atoms with E-state index in [1.165, 1.54) is 18.2 Å². The topological polar surface area (TPSA) is 113 Å². The summed E-state index contributed by atoms with van der Waals surface area (Å²) < 4.78 is 15.8. The minimum Gasteiger partial charge on any atom is -0.366 e. The van der Waals surface area contributed by atoms with Gasteiger partial charge in [-0.05, 0) is 65.4 Å². The Balaban J connectivity index is 1.69. The molecule has 0 radical (unpaired) electrons. The van der Waals surface area contributed by atoms with Gasteiger partial charge in [0.25, 0.3) is 0 Å². The molecule has 0 aromatic heterocycles. The summed E-state index contributed by atoms with van der Waals surface area (Å²) in [5.41, 5.74) is 5.74. The van der Waals surface area contributed by atoms with Crippen LogP contribution in [0.1, 0.15) is 54.6 Å². The van der Waals surface area contributed by atoms with Gasteiger partial charge in [0, 0.05) is 33.9 Å². The van der Waals surface area contributed by atoms with Crippen LogP contribution in [0.5, 0.6) is 0 Å². The molecule has 4 atom stereocenters. The number of benzene rings is 3. The summed E-state index contributed by atoms with van der Waals surface area (Å²) in [5.74, 6) is -3.07. The number of rotatable bonds is 5. The quantitative estimate of drug-likeness (QED) is 0.312. The molecule has 3 aromatic rings. The fourth-order valence-electron chi connectivity index (χ4n) is 6.09. The summed E-state index contributed by atoms with van der Waals surface area (Å²) in [4.78, 5) is 39.6. The van der Waals surface area contributed by atoms with Crippen molar-refractivity contribution in [3.8, 4) is 0 Å². The van der Waals surface area contributed by atoms with Crippen LogP contribution in [0.15, 0.2) is 60.7 Å². The van der Waals surface area contributed by atoms with Crippen LogP contribution in [0.2, 0.25) is 10.0 Å². The SMILES string of the molecule is CC(C)(C)C[C@H]1N[C@@H](C(=O)Nc2ccc(C(N)=O)cc2)[C@@H](c2cccc(Cl)c2F)C12C(=O)Nc1cc(Cl)ccc12. The van der Waals surface area contributed by atoms with E-state index in [1.807, 2.05) is 20.8 Å². The lowest BCUT2D eigenvalue weighted by Gasteiger charge is -2.37. The van der Waals surface area contributed by atoms with Crippen molar-refractivity contribution in [2.45, 2.75) is 50.6 Å². The molecule has 0 saturated carbocycles. The van der Waals surface area contributed by atoms with E-state index in [4.69, 9.17) is 28.9 Å². The largest absolute Gasteiger partial charge is 0.366 e. The first kappa shape index (κ1) is 28.1. The Kier molecular flexibility index (Phi) is 7.15. The van der Waals surface area contributed by atoms with E-state index in [0.29, 0.717) is 28.4 Å². The number of primary amides is 1. The third-order valence-corrected chi connectivity index (χ3v) is 8.18. The molecular weight excluding hydrogens is 554 g/mol. The lowest BCUT2D eigenvalue weighted by atomic mass is 9.62. The molecule has 40 heavy (non-hydrogen) atoms. The summed E-state index contributed by atoms with van der Waals surface area (Å²) in [6, 6.07) is 14.3. The highest BCUT2D eigenvalue weighted by Crippen LogP contribution is 2.57. The van der Waals surface area contributed by atoms with Crippen molar-refractivity contribution in [1.29, 1.82) is 0 Å². The molecule has 2 aliphatic heterocycles. The first-order chi connectivity index (χ1) is 18.8. The van der Waals surface area contributed by atoms with Crippen molar-refractivity contribution in [2.75, 3.05) is 10.6 Å². The van der Waals surface area contributed by atoms with Gasteiger partial charge in [0.2, 0.25) is 17.7 Å². The molecule has 1 unspecified atom stereocenters. The molecule has 5 rings (SSSR count). The standard InChI is InChI=1S/C30H29Cl2FN4O3/c1-29(2,3)14-22-30(19-12-9-16(31)13-21(19)36-28(30)40)23(18-5-4-6-20(32)24(18)33)25(37-22)27(39)35-17-10-7-15(8-11-17)26(34)38/h4-13,22-23,25,37H,14H2,1-3H3,(H2,34,38)(H,35,39)(H,36,40)/t22-,23-,25-,30?/m1/s1. The first-order valence-corrected chi connectivity index (χ1v) is 13.6. The molecule has 7 nitrogen and oxygen atoms in total. The van der Waals surface area contributed by atoms with Gasteiger partial charge in [0.1, 0.15) is 11.2 Å². The van der Waals surface area contributed by atoms with Crippen molar-refractivity contribution in [3.05, 3.63) is 93.2 Å². The lowest BCUT2D eigenvalue weighted by Crippen LogP contribution is -2.49. The third kappa shape index (κ3) is 4.74. The Hall–Kier alpha value is -3.46. The summed E-state index contributed by atoms with van der Waals surface area (Å²) in [7, 11) is 0. The molecule has 1 spiro atoms. The number of carbonyl (C=O) groups is 3. The van der Waals surface area contributed by atoms with Crippen LogP contribution in [0.25, 0.3) is 0 Å². The molecule has 2 aliphatic rings. The number of fused-ring (bicyclic) bond motifs is 2. The fraction of sp³-hybridized carbons (Fsp3) is 0.300. The zero-order valence-electron chi connectivity index (χ0n) is 22.1. The second-order valence-electron chi connectivity index (χ2n) is 11.5. The molecule has 0 bridgehead atoms. The monoisotopic (exact) mass is 582 g/mol. The van der Waals surface area contributed by atoms with Crippen molar-refractivity contribution in [2.24, 2.45) is 11.1 Å². The number of amides is 3. The number of nitrogens with one attached hydrogen (secondary N) is 3. The van der Waals surface area contributed by atoms with Gasteiger partial charge in [0.05, 0.1) is 11.1 Å². The highest BCUT2D eigenvalue weighted by Gasteiger charge is 2.66. The Morgan fingerprint density at radius 1 is 1.07 bits per heavy atom. The predicted octanol–water partition coefficient (Wildman–Crippen LogP) is 5.62. The van der Waals surface area contributed by atoms with E-state index in [9.17, 15) is 14.4 Å². The van der Waals surface area contributed by atoms with E-state index >= 15 is 4.39 Å². The van der Waals surface area contributed by atoms with Crippen LogP contribution < -0.4 is 21.7 Å². The van der Waals surface area contributed by atoms with Gasteiger partial charge in [-0.15, -0.1) is 0 Å². The lowest BCUT2D eigenvalue weighted by molar-refractivity contribution is -0.122. The van der Waals surface area contributed by atoms with Gasteiger partial charge in [-0.2, -0.15) is 0 Å². The summed E-state index contributed by atoms with van der Waals surface area (Å²) >= 11 is 12.5. The van der Waals surface area contributed by atoms with Crippen LogP contribution in [-0.2, 0) is 15.0 Å². The maximum Gasteiger partial charge on any atom is 0.248 e. The molecule has 1 saturated heterocycles. The number of hydrogen-bond donors (Lipinski definition) is 4. The minimum absolute atomic E-state index is 0.108. The number of anilines is 2. The molecule has 3 amide bonds. The van der Waals surface area contributed by atoms with Crippen molar-refractivity contribution in [1.82, 2.24) is 5.32 Å². The van der Waals surface area contributed by atoms with Crippen LogP contribution >= 0.6 is 23.2 Å². The van der Waals surface area contributed by atoms with Gasteiger partial charge >= 0.3 is 0 Å². The Bertz CT molecular complexity index is 1520. The maximum absolute atomic E-state index is 15.8. The maximum atomic E-state index is 15.8. The minimum atomic E-state index is -1.35. The molecule has 3 aromatic carbocycles. The van der Waals surface area contributed by atoms with E-state index in [2.05, 4.69) is 16.0 Å². The van der Waals surface area contributed by atoms with E-state index in [0.717, 1.165) is 0 Å². The predicted molar refractivity (Wildman–Crippen MR) is 154 cm³/mol. The second kappa shape index (κ2) is 10.2. The second-order valence-corrected chi connectivity index (χ2v) is 12.4. The molecule has 5 N–H and O–H groups in total. The number of nitrogens with two attached hydrogens (primary N) is 1. The van der Waals surface area contributed by atoms with Crippen molar-refractivity contribution < 1.29 is 18.8 Å². The van der Waals surface area contributed by atoms with Gasteiger partial charge in [-0.25, -0.2) is 4.39 Å². The normalized spacial score (nSPS) is 23.6. The molecule has 10 heteroatoms. The van der Waals surface area contributed by atoms with E-state index in [1.54, 1.807) is 42.5 Å². The molecule has 0 aliphatic carbocycles. The fourth-order valence-corrected chi connectivity index (χ4v) is 6.44. The van der Waals surface area contributed by atoms with Gasteiger partial charge < -0.3 is 21.7 Å². The third-order valence-electron chi connectivity index (χ3n) is 7.66. The van der Waals surface area contributed by atoms with Crippen LogP contribution in [-0.4, -0.2) is 29.8 Å². The number of hydrogen-bond acceptors (Lipinski definition) is 4. The Labute approximate surface area is 241 Å². The first-order valence-electron chi connectivity index (χ1n) is 12.8. The molecule has 208 valence electrons. The summed E-state index contributed by atoms with van der Waals surface area (Å²) in [6.45, 7) is 6.13. The highest BCUT2D eigenvalue weighted by atomic mass is 35.5. The summed E-state index contributed by atoms with van der Waals surface area (Å²) in [5, 5.41) is 9.56. The Morgan fingerprint density at radius 3 is 2.42 bits per heavy atom. The zero-order valence-corrected chi connectivity index (χ0v) is 23.7. The average Bonchev–Trinajstić information content (AvgIpc) is 3.35. The van der Waals surface area contributed by atoms with Crippen LogP contribution in [0.4, 0.5) is 15.8 Å². The highest BCUT2D eigenvalue weighted by molar-refractivity contribution is 6.31. The van der Waals surface area contributed by atoms with Crippen molar-refractivity contribution >= 4 is 52.3 Å². The van der Waals surface area contributed by atoms with Crippen molar-refractivity contribution in [3.63, 3.8) is 0 Å². The number of halogens is 3. The molecular formula is C30H29Cl2FN4O3. The van der Waals surface area contributed by atoms with Gasteiger partial charge in [-0.1, -0.05) is 62.2 Å². The van der Waals surface area contributed by atoms with Crippen LogP contribution in [0, 0.1) is 11.2 Å². The average molecular weight is 583 g/mol. The molecule has 1 fully saturated rings. The van der Waals surface area contributed by atoms with E-state index in [-0.39, 0.29) is 27.5 Å². The van der Waals surface area contributed by atoms with Crippen LogP contribution in [0.3, 0.4) is 0 Å². The van der Waals surface area contributed by atoms with Gasteiger partial charge in [0.15, 0.2) is 0 Å². The molecule has 2 heterocycles. The Morgan fingerprint density at radius 2 is 1.77 bits per heavy atom. The number of carbonyl (C=O) groups excluding carboxylic acids is 3.